The van der Waals surface area contributed by atoms with E-state index in [2.05, 4.69) is 26.2 Å². The minimum absolute atomic E-state index is 0.704. The van der Waals surface area contributed by atoms with Gasteiger partial charge in [0.15, 0.2) is 0 Å². The average molecular weight is 309 g/mol. The molecular weight excluding hydrogens is 284 g/mol. The van der Waals surface area contributed by atoms with Gasteiger partial charge < -0.3 is 10.2 Å². The summed E-state index contributed by atoms with van der Waals surface area (Å²) in [5.74, 6) is 1.07. The molecular formula is C16H25ClN4. The SMILES string of the molecule is CNCc1cc(N2CCC(N3CCCCC3)C2)ncc1Cl. The maximum absolute atomic E-state index is 6.20. The molecule has 1 aromatic heterocycles. The van der Waals surface area contributed by atoms with Crippen molar-refractivity contribution in [1.82, 2.24) is 15.2 Å². The zero-order valence-corrected chi connectivity index (χ0v) is 13.6. The van der Waals surface area contributed by atoms with E-state index in [1.165, 1.54) is 38.8 Å². The van der Waals surface area contributed by atoms with Crippen molar-refractivity contribution < 1.29 is 0 Å². The number of likely N-dealkylation sites (tertiary alicyclic amines) is 1. The Morgan fingerprint density at radius 2 is 2.10 bits per heavy atom. The highest BCUT2D eigenvalue weighted by Gasteiger charge is 2.29. The topological polar surface area (TPSA) is 31.4 Å². The molecule has 2 saturated heterocycles. The van der Waals surface area contributed by atoms with E-state index in [-0.39, 0.29) is 0 Å². The van der Waals surface area contributed by atoms with Gasteiger partial charge in [-0.1, -0.05) is 18.0 Å². The Morgan fingerprint density at radius 1 is 1.29 bits per heavy atom. The molecule has 2 fully saturated rings. The fraction of sp³-hybridized carbons (Fsp3) is 0.688. The summed E-state index contributed by atoms with van der Waals surface area (Å²) in [5, 5.41) is 3.91. The third-order valence-corrected chi connectivity index (χ3v) is 5.02. The first-order chi connectivity index (χ1) is 10.3. The molecule has 0 saturated carbocycles. The Kier molecular flexibility index (Phi) is 4.99. The van der Waals surface area contributed by atoms with Gasteiger partial charge in [0.1, 0.15) is 5.82 Å². The molecule has 1 aromatic rings. The second-order valence-corrected chi connectivity index (χ2v) is 6.56. The Balaban J connectivity index is 1.66. The zero-order chi connectivity index (χ0) is 14.7. The van der Waals surface area contributed by atoms with E-state index >= 15 is 0 Å². The van der Waals surface area contributed by atoms with Gasteiger partial charge in [0.2, 0.25) is 0 Å². The van der Waals surface area contributed by atoms with Gasteiger partial charge in [-0.3, -0.25) is 4.90 Å². The predicted octanol–water partition coefficient (Wildman–Crippen LogP) is 2.52. The van der Waals surface area contributed by atoms with Crippen molar-refractivity contribution in [2.24, 2.45) is 0 Å². The second-order valence-electron chi connectivity index (χ2n) is 6.15. The number of hydrogen-bond acceptors (Lipinski definition) is 4. The molecule has 0 bridgehead atoms. The van der Waals surface area contributed by atoms with Crippen LogP contribution in [-0.2, 0) is 6.54 Å². The van der Waals surface area contributed by atoms with E-state index < -0.39 is 0 Å². The number of hydrogen-bond donors (Lipinski definition) is 1. The van der Waals surface area contributed by atoms with Crippen LogP contribution in [0, 0.1) is 0 Å². The van der Waals surface area contributed by atoms with Crippen LogP contribution in [0.4, 0.5) is 5.82 Å². The molecule has 0 aliphatic carbocycles. The number of rotatable bonds is 4. The Bertz CT molecular complexity index is 473. The molecule has 1 N–H and O–H groups in total. The summed E-state index contributed by atoms with van der Waals surface area (Å²) in [4.78, 5) is 9.62. The van der Waals surface area contributed by atoms with Crippen molar-refractivity contribution in [3.63, 3.8) is 0 Å². The summed E-state index contributed by atoms with van der Waals surface area (Å²) in [5.41, 5.74) is 1.13. The normalized spacial score (nSPS) is 23.7. The van der Waals surface area contributed by atoms with Crippen LogP contribution in [0.1, 0.15) is 31.2 Å². The van der Waals surface area contributed by atoms with E-state index in [0.29, 0.717) is 6.04 Å². The molecule has 2 aliphatic rings. The van der Waals surface area contributed by atoms with Crippen LogP contribution in [0.3, 0.4) is 0 Å². The molecule has 116 valence electrons. The summed E-state index contributed by atoms with van der Waals surface area (Å²) < 4.78 is 0. The molecule has 0 amide bonds. The van der Waals surface area contributed by atoms with Crippen LogP contribution in [0.25, 0.3) is 0 Å². The molecule has 0 aromatic carbocycles. The molecule has 2 aliphatic heterocycles. The number of piperidine rings is 1. The van der Waals surface area contributed by atoms with Crippen molar-refractivity contribution in [3.8, 4) is 0 Å². The first kappa shape index (κ1) is 15.1. The fourth-order valence-electron chi connectivity index (χ4n) is 3.50. The van der Waals surface area contributed by atoms with E-state index in [0.717, 1.165) is 36.0 Å². The molecule has 1 unspecified atom stereocenters. The Hall–Kier alpha value is -0.840. The van der Waals surface area contributed by atoms with Crippen LogP contribution in [-0.4, -0.2) is 49.2 Å². The molecule has 21 heavy (non-hydrogen) atoms. The third kappa shape index (κ3) is 3.50. The zero-order valence-electron chi connectivity index (χ0n) is 12.8. The maximum Gasteiger partial charge on any atom is 0.128 e. The lowest BCUT2D eigenvalue weighted by Crippen LogP contribution is -2.41. The van der Waals surface area contributed by atoms with E-state index in [1.807, 2.05) is 7.05 Å². The van der Waals surface area contributed by atoms with Crippen LogP contribution < -0.4 is 10.2 Å². The van der Waals surface area contributed by atoms with Gasteiger partial charge in [-0.25, -0.2) is 4.98 Å². The van der Waals surface area contributed by atoms with E-state index in [1.54, 1.807) is 6.20 Å². The molecule has 0 radical (unpaired) electrons. The van der Waals surface area contributed by atoms with Crippen LogP contribution in [0.5, 0.6) is 0 Å². The van der Waals surface area contributed by atoms with Gasteiger partial charge in [0.05, 0.1) is 5.02 Å². The minimum atomic E-state index is 0.704. The first-order valence-corrected chi connectivity index (χ1v) is 8.44. The molecule has 4 nitrogen and oxygen atoms in total. The highest BCUT2D eigenvalue weighted by atomic mass is 35.5. The molecule has 0 spiro atoms. The van der Waals surface area contributed by atoms with Gasteiger partial charge in [0.25, 0.3) is 0 Å². The second kappa shape index (κ2) is 6.95. The monoisotopic (exact) mass is 308 g/mol. The molecule has 3 rings (SSSR count). The third-order valence-electron chi connectivity index (χ3n) is 4.68. The minimum Gasteiger partial charge on any atom is -0.355 e. The smallest absolute Gasteiger partial charge is 0.128 e. The van der Waals surface area contributed by atoms with Gasteiger partial charge in [0, 0.05) is 31.9 Å². The summed E-state index contributed by atoms with van der Waals surface area (Å²) >= 11 is 6.20. The van der Waals surface area contributed by atoms with Crippen molar-refractivity contribution in [1.29, 1.82) is 0 Å². The maximum atomic E-state index is 6.20. The summed E-state index contributed by atoms with van der Waals surface area (Å²) in [7, 11) is 1.94. The quantitative estimate of drug-likeness (QED) is 0.926. The highest BCUT2D eigenvalue weighted by molar-refractivity contribution is 6.31. The van der Waals surface area contributed by atoms with Crippen LogP contribution in [0.2, 0.25) is 5.02 Å². The lowest BCUT2D eigenvalue weighted by molar-refractivity contribution is 0.175. The number of nitrogens with zero attached hydrogens (tertiary/aromatic N) is 3. The number of anilines is 1. The van der Waals surface area contributed by atoms with Crippen LogP contribution in [0.15, 0.2) is 12.3 Å². The van der Waals surface area contributed by atoms with Gasteiger partial charge >= 0.3 is 0 Å². The van der Waals surface area contributed by atoms with Crippen LogP contribution >= 0.6 is 11.6 Å². The summed E-state index contributed by atoms with van der Waals surface area (Å²) in [6.07, 6.45) is 7.17. The predicted molar refractivity (Wildman–Crippen MR) is 88.1 cm³/mol. The number of nitrogens with one attached hydrogen (secondary N) is 1. The van der Waals surface area contributed by atoms with Gasteiger partial charge in [-0.2, -0.15) is 0 Å². The summed E-state index contributed by atoms with van der Waals surface area (Å²) in [6, 6.07) is 2.84. The number of pyridine rings is 1. The van der Waals surface area contributed by atoms with Gasteiger partial charge in [-0.15, -0.1) is 0 Å². The van der Waals surface area contributed by atoms with Crippen molar-refractivity contribution >= 4 is 17.4 Å². The lowest BCUT2D eigenvalue weighted by atomic mass is 10.1. The van der Waals surface area contributed by atoms with Crippen molar-refractivity contribution in [2.75, 3.05) is 38.1 Å². The first-order valence-electron chi connectivity index (χ1n) is 8.06. The van der Waals surface area contributed by atoms with Gasteiger partial charge in [-0.05, 0) is 51.0 Å². The Morgan fingerprint density at radius 3 is 2.86 bits per heavy atom. The van der Waals surface area contributed by atoms with E-state index in [4.69, 9.17) is 11.6 Å². The molecule has 1 atom stereocenters. The summed E-state index contributed by atoms with van der Waals surface area (Å²) in [6.45, 7) is 5.55. The number of aromatic nitrogens is 1. The van der Waals surface area contributed by atoms with Crippen molar-refractivity contribution in [2.45, 2.75) is 38.3 Å². The Labute approximate surface area is 132 Å². The largest absolute Gasteiger partial charge is 0.355 e. The standard InChI is InChI=1S/C16H25ClN4/c1-18-10-13-9-16(19-11-15(13)17)21-8-5-14(12-21)20-6-3-2-4-7-20/h9,11,14,18H,2-8,10,12H2,1H3. The van der Waals surface area contributed by atoms with E-state index in [9.17, 15) is 0 Å². The van der Waals surface area contributed by atoms with Crippen molar-refractivity contribution in [3.05, 3.63) is 22.8 Å². The molecule has 5 heteroatoms. The molecule has 3 heterocycles. The average Bonchev–Trinajstić information content (AvgIpc) is 3.00. The highest BCUT2D eigenvalue weighted by Crippen LogP contribution is 2.26. The number of halogens is 1. The lowest BCUT2D eigenvalue weighted by Gasteiger charge is -2.32. The fourth-order valence-corrected chi connectivity index (χ4v) is 3.67.